The number of aromatic nitrogens is 1. The van der Waals surface area contributed by atoms with Crippen LogP contribution in [0.4, 0.5) is 0 Å². The van der Waals surface area contributed by atoms with Gasteiger partial charge in [0.05, 0.1) is 16.8 Å². The number of amides is 1. The van der Waals surface area contributed by atoms with Crippen molar-refractivity contribution in [3.05, 3.63) is 82.2 Å². The lowest BCUT2D eigenvalue weighted by atomic mass is 10.00. The molecule has 0 aliphatic carbocycles. The van der Waals surface area contributed by atoms with Gasteiger partial charge in [-0.1, -0.05) is 29.4 Å². The third-order valence-corrected chi connectivity index (χ3v) is 5.46. The quantitative estimate of drug-likeness (QED) is 0.567. The standard InChI is InChI=1S/C24H24N2O5/c1-16-22(17(2)31-25-16)14-29-21-9-7-19(8-10-21)24(28)30-15-23(27)26-12-11-18-5-3-4-6-20(18)13-26/h3-10H,11-15H2,1-2H3. The first-order valence-corrected chi connectivity index (χ1v) is 10.2. The van der Waals surface area contributed by atoms with E-state index in [9.17, 15) is 9.59 Å². The number of benzene rings is 2. The number of carbonyl (C=O) groups is 2. The van der Waals surface area contributed by atoms with Crippen molar-refractivity contribution in [1.82, 2.24) is 10.1 Å². The first-order chi connectivity index (χ1) is 15.0. The van der Waals surface area contributed by atoms with E-state index in [-0.39, 0.29) is 12.5 Å². The number of fused-ring (bicyclic) bond motifs is 1. The van der Waals surface area contributed by atoms with Crippen molar-refractivity contribution in [1.29, 1.82) is 0 Å². The molecule has 1 aliphatic rings. The van der Waals surface area contributed by atoms with Crippen LogP contribution >= 0.6 is 0 Å². The van der Waals surface area contributed by atoms with E-state index in [4.69, 9.17) is 14.0 Å². The highest BCUT2D eigenvalue weighted by Gasteiger charge is 2.21. The molecule has 1 aliphatic heterocycles. The fraction of sp³-hybridized carbons (Fsp3) is 0.292. The maximum atomic E-state index is 12.5. The molecule has 0 radical (unpaired) electrons. The van der Waals surface area contributed by atoms with Crippen LogP contribution in [0.3, 0.4) is 0 Å². The van der Waals surface area contributed by atoms with Crippen molar-refractivity contribution in [3.63, 3.8) is 0 Å². The first-order valence-electron chi connectivity index (χ1n) is 10.2. The second kappa shape index (κ2) is 9.04. The minimum Gasteiger partial charge on any atom is -0.489 e. The van der Waals surface area contributed by atoms with E-state index in [1.54, 1.807) is 29.2 Å². The molecule has 7 nitrogen and oxygen atoms in total. The summed E-state index contributed by atoms with van der Waals surface area (Å²) in [4.78, 5) is 26.5. The number of nitrogens with zero attached hydrogens (tertiary/aromatic N) is 2. The number of hydrogen-bond donors (Lipinski definition) is 0. The minimum absolute atomic E-state index is 0.192. The van der Waals surface area contributed by atoms with Gasteiger partial charge in [0.25, 0.3) is 5.91 Å². The first kappa shape index (κ1) is 20.7. The minimum atomic E-state index is -0.539. The van der Waals surface area contributed by atoms with Gasteiger partial charge in [0.15, 0.2) is 6.61 Å². The summed E-state index contributed by atoms with van der Waals surface area (Å²) in [6, 6.07) is 14.7. The Balaban J connectivity index is 1.27. The summed E-state index contributed by atoms with van der Waals surface area (Å²) >= 11 is 0. The van der Waals surface area contributed by atoms with Crippen LogP contribution < -0.4 is 4.74 Å². The Kier molecular flexibility index (Phi) is 6.02. The Morgan fingerprint density at radius 1 is 1.06 bits per heavy atom. The van der Waals surface area contributed by atoms with Crippen molar-refractivity contribution in [2.75, 3.05) is 13.2 Å². The highest BCUT2D eigenvalue weighted by atomic mass is 16.5. The average Bonchev–Trinajstić information content (AvgIpc) is 3.12. The molecule has 1 amide bonds. The topological polar surface area (TPSA) is 81.9 Å². The Morgan fingerprint density at radius 3 is 2.52 bits per heavy atom. The lowest BCUT2D eigenvalue weighted by Crippen LogP contribution is -2.38. The SMILES string of the molecule is Cc1noc(C)c1COc1ccc(C(=O)OCC(=O)N2CCc3ccccc3C2)cc1. The van der Waals surface area contributed by atoms with Gasteiger partial charge in [-0.25, -0.2) is 4.79 Å². The molecule has 0 fully saturated rings. The summed E-state index contributed by atoms with van der Waals surface area (Å²) in [5.41, 5.74) is 4.46. The average molecular weight is 420 g/mol. The van der Waals surface area contributed by atoms with Gasteiger partial charge in [0.1, 0.15) is 18.1 Å². The summed E-state index contributed by atoms with van der Waals surface area (Å²) < 4.78 is 16.1. The highest BCUT2D eigenvalue weighted by molar-refractivity contribution is 5.91. The van der Waals surface area contributed by atoms with E-state index in [0.29, 0.717) is 31.0 Å². The zero-order valence-electron chi connectivity index (χ0n) is 17.6. The van der Waals surface area contributed by atoms with E-state index in [1.807, 2.05) is 32.0 Å². The van der Waals surface area contributed by atoms with E-state index in [1.165, 1.54) is 5.56 Å². The fourth-order valence-corrected chi connectivity index (χ4v) is 3.56. The smallest absolute Gasteiger partial charge is 0.338 e. The van der Waals surface area contributed by atoms with Crippen LogP contribution in [-0.2, 0) is 29.1 Å². The second-order valence-corrected chi connectivity index (χ2v) is 7.53. The number of esters is 1. The van der Waals surface area contributed by atoms with Crippen LogP contribution in [-0.4, -0.2) is 35.1 Å². The summed E-state index contributed by atoms with van der Waals surface area (Å²) in [5, 5.41) is 3.90. The molecular weight excluding hydrogens is 396 g/mol. The molecule has 0 atom stereocenters. The third-order valence-electron chi connectivity index (χ3n) is 5.46. The van der Waals surface area contributed by atoms with Gasteiger partial charge < -0.3 is 18.9 Å². The summed E-state index contributed by atoms with van der Waals surface area (Å²) in [7, 11) is 0. The maximum absolute atomic E-state index is 12.5. The van der Waals surface area contributed by atoms with Gasteiger partial charge in [-0.3, -0.25) is 4.79 Å². The van der Waals surface area contributed by atoms with Gasteiger partial charge in [-0.2, -0.15) is 0 Å². The van der Waals surface area contributed by atoms with Crippen LogP contribution in [0.25, 0.3) is 0 Å². The highest BCUT2D eigenvalue weighted by Crippen LogP contribution is 2.20. The normalized spacial score (nSPS) is 12.9. The molecule has 0 unspecified atom stereocenters. The molecular formula is C24H24N2O5. The number of rotatable bonds is 6. The Bertz CT molecular complexity index is 1070. The second-order valence-electron chi connectivity index (χ2n) is 7.53. The fourth-order valence-electron chi connectivity index (χ4n) is 3.56. The van der Waals surface area contributed by atoms with Crippen LogP contribution in [0.15, 0.2) is 53.1 Å². The Morgan fingerprint density at radius 2 is 1.81 bits per heavy atom. The monoisotopic (exact) mass is 420 g/mol. The van der Waals surface area contributed by atoms with Crippen LogP contribution in [0.1, 0.15) is 38.5 Å². The lowest BCUT2D eigenvalue weighted by molar-refractivity contribution is -0.135. The number of aryl methyl sites for hydroxylation is 2. The maximum Gasteiger partial charge on any atom is 0.338 e. The third kappa shape index (κ3) is 4.77. The van der Waals surface area contributed by atoms with Gasteiger partial charge in [0.2, 0.25) is 0 Å². The molecule has 0 saturated heterocycles. The molecule has 1 aromatic heterocycles. The molecule has 0 saturated carbocycles. The van der Waals surface area contributed by atoms with Crippen LogP contribution in [0.5, 0.6) is 5.75 Å². The van der Waals surface area contributed by atoms with E-state index >= 15 is 0 Å². The van der Waals surface area contributed by atoms with Gasteiger partial charge in [0, 0.05) is 13.1 Å². The van der Waals surface area contributed by atoms with Crippen molar-refractivity contribution in [3.8, 4) is 5.75 Å². The molecule has 0 bridgehead atoms. The van der Waals surface area contributed by atoms with Gasteiger partial charge >= 0.3 is 5.97 Å². The predicted molar refractivity (Wildman–Crippen MR) is 113 cm³/mol. The molecule has 0 spiro atoms. The molecule has 2 heterocycles. The molecule has 7 heteroatoms. The van der Waals surface area contributed by atoms with Crippen molar-refractivity contribution in [2.45, 2.75) is 33.4 Å². The number of ether oxygens (including phenoxy) is 2. The van der Waals surface area contributed by atoms with Crippen molar-refractivity contribution in [2.24, 2.45) is 0 Å². The van der Waals surface area contributed by atoms with E-state index in [0.717, 1.165) is 29.0 Å². The molecule has 160 valence electrons. The zero-order chi connectivity index (χ0) is 21.8. The summed E-state index contributed by atoms with van der Waals surface area (Å²) in [6.07, 6.45) is 0.811. The Hall–Kier alpha value is -3.61. The summed E-state index contributed by atoms with van der Waals surface area (Å²) in [5.74, 6) is 0.601. The van der Waals surface area contributed by atoms with Gasteiger partial charge in [-0.05, 0) is 55.7 Å². The van der Waals surface area contributed by atoms with Crippen LogP contribution in [0, 0.1) is 13.8 Å². The zero-order valence-corrected chi connectivity index (χ0v) is 17.6. The van der Waals surface area contributed by atoms with Crippen molar-refractivity contribution >= 4 is 11.9 Å². The van der Waals surface area contributed by atoms with E-state index in [2.05, 4.69) is 11.2 Å². The molecule has 2 aromatic carbocycles. The molecule has 0 N–H and O–H groups in total. The number of hydrogen-bond acceptors (Lipinski definition) is 6. The largest absolute Gasteiger partial charge is 0.489 e. The van der Waals surface area contributed by atoms with Crippen molar-refractivity contribution < 1.29 is 23.6 Å². The van der Waals surface area contributed by atoms with Gasteiger partial charge in [-0.15, -0.1) is 0 Å². The van der Waals surface area contributed by atoms with E-state index < -0.39 is 5.97 Å². The molecule has 3 aromatic rings. The summed E-state index contributed by atoms with van der Waals surface area (Å²) in [6.45, 7) is 4.93. The molecule has 31 heavy (non-hydrogen) atoms. The van der Waals surface area contributed by atoms with Crippen LogP contribution in [0.2, 0.25) is 0 Å². The Labute approximate surface area is 180 Å². The predicted octanol–water partition coefficient (Wildman–Crippen LogP) is 3.61. The number of carbonyl (C=O) groups excluding carboxylic acids is 2. The molecule has 4 rings (SSSR count). The lowest BCUT2D eigenvalue weighted by Gasteiger charge is -2.28.